The molecule has 3 fully saturated rings. The molecule has 3 aliphatic carbocycles. The molecule has 1 aromatic heterocycles. The van der Waals surface area contributed by atoms with Gasteiger partial charge in [0.15, 0.2) is 11.9 Å². The maximum absolute atomic E-state index is 13.9. The number of hydrogen-bond donors (Lipinski definition) is 1. The first-order chi connectivity index (χ1) is 24.1. The molecule has 1 aromatic carbocycles. The van der Waals surface area contributed by atoms with Gasteiger partial charge in [0, 0.05) is 56.0 Å². The van der Waals surface area contributed by atoms with E-state index in [9.17, 15) is 24.0 Å². The van der Waals surface area contributed by atoms with Gasteiger partial charge in [-0.1, -0.05) is 51.1 Å². The molecule has 51 heavy (non-hydrogen) atoms. The molecule has 2 N–H and O–H groups in total. The first-order valence-corrected chi connectivity index (χ1v) is 17.4. The fourth-order valence-electron chi connectivity index (χ4n) is 9.17. The molecule has 2 bridgehead atoms. The third kappa shape index (κ3) is 6.59. The van der Waals surface area contributed by atoms with Gasteiger partial charge in [0.05, 0.1) is 18.6 Å². The number of carbonyl (C=O) groups is 5. The molecule has 2 aromatic rings. The van der Waals surface area contributed by atoms with Gasteiger partial charge in [-0.2, -0.15) is 0 Å². The number of rotatable bonds is 8. The lowest BCUT2D eigenvalue weighted by molar-refractivity contribution is -0.220. The van der Waals surface area contributed by atoms with Gasteiger partial charge >= 0.3 is 23.9 Å². The van der Waals surface area contributed by atoms with E-state index in [-0.39, 0.29) is 30.8 Å². The highest BCUT2D eigenvalue weighted by molar-refractivity contribution is 5.97. The van der Waals surface area contributed by atoms with E-state index in [1.54, 1.807) is 19.1 Å². The Morgan fingerprint density at radius 3 is 2.27 bits per heavy atom. The number of benzene rings is 1. The van der Waals surface area contributed by atoms with E-state index in [0.717, 1.165) is 5.56 Å². The fraction of sp³-hybridized carbons (Fsp3) is 0.538. The van der Waals surface area contributed by atoms with Crippen LogP contribution in [0.5, 0.6) is 0 Å². The molecular weight excluding hydrogens is 656 g/mol. The van der Waals surface area contributed by atoms with Gasteiger partial charge in [0.2, 0.25) is 0 Å². The number of epoxide rings is 1. The van der Waals surface area contributed by atoms with Crippen molar-refractivity contribution in [2.45, 2.75) is 103 Å². The van der Waals surface area contributed by atoms with E-state index in [4.69, 9.17) is 29.4 Å². The van der Waals surface area contributed by atoms with E-state index in [1.165, 1.54) is 26.2 Å². The van der Waals surface area contributed by atoms with Gasteiger partial charge < -0.3 is 29.4 Å². The summed E-state index contributed by atoms with van der Waals surface area (Å²) < 4.78 is 31.3. The second kappa shape index (κ2) is 13.6. The van der Waals surface area contributed by atoms with Crippen LogP contribution in [0.25, 0.3) is 0 Å². The van der Waals surface area contributed by atoms with Crippen molar-refractivity contribution in [3.05, 3.63) is 77.1 Å². The van der Waals surface area contributed by atoms with E-state index in [1.807, 2.05) is 51.1 Å². The molecule has 12 nitrogen and oxygen atoms in total. The van der Waals surface area contributed by atoms with Gasteiger partial charge in [-0.15, -0.1) is 0 Å². The van der Waals surface area contributed by atoms with Crippen molar-refractivity contribution in [3.8, 4) is 0 Å². The van der Waals surface area contributed by atoms with Crippen molar-refractivity contribution in [3.63, 3.8) is 0 Å². The molecule has 2 heterocycles. The zero-order chi connectivity index (χ0) is 36.9. The fourth-order valence-corrected chi connectivity index (χ4v) is 9.17. The average molecular weight is 703 g/mol. The van der Waals surface area contributed by atoms with Crippen LogP contribution in [0.1, 0.15) is 89.2 Å². The Labute approximate surface area is 297 Å². The quantitative estimate of drug-likeness (QED) is 0.230. The lowest BCUT2D eigenvalue weighted by Crippen LogP contribution is -2.68. The van der Waals surface area contributed by atoms with Crippen LogP contribution in [-0.2, 0) is 42.9 Å². The van der Waals surface area contributed by atoms with Gasteiger partial charge in [-0.25, -0.2) is 4.79 Å². The topological polar surface area (TPSA) is 174 Å². The van der Waals surface area contributed by atoms with E-state index in [2.05, 4.69) is 4.98 Å². The minimum Gasteiger partial charge on any atom is -0.462 e. The Morgan fingerprint density at radius 2 is 1.67 bits per heavy atom. The summed E-state index contributed by atoms with van der Waals surface area (Å²) in [5.74, 6) is -3.99. The zero-order valence-corrected chi connectivity index (χ0v) is 29.9. The van der Waals surface area contributed by atoms with Crippen LogP contribution in [0, 0.1) is 22.7 Å². The van der Waals surface area contributed by atoms with Gasteiger partial charge in [0.25, 0.3) is 0 Å². The first-order valence-electron chi connectivity index (χ1n) is 17.4. The highest BCUT2D eigenvalue weighted by Crippen LogP contribution is 2.65. The predicted octanol–water partition coefficient (Wildman–Crippen LogP) is 4.60. The second-order valence-electron chi connectivity index (χ2n) is 15.1. The van der Waals surface area contributed by atoms with Crippen molar-refractivity contribution >= 4 is 29.7 Å². The van der Waals surface area contributed by atoms with Crippen molar-refractivity contribution in [2.75, 3.05) is 6.61 Å². The minimum absolute atomic E-state index is 0.0479. The number of nitrogens with zero attached hydrogens (tertiary/aromatic N) is 1. The number of nitrogens with two attached hydrogens (primary N) is 1. The molecular formula is C39H46N2O10. The highest BCUT2D eigenvalue weighted by atomic mass is 16.6. The molecule has 1 saturated heterocycles. The first kappa shape index (κ1) is 36.4. The summed E-state index contributed by atoms with van der Waals surface area (Å²) in [5.41, 5.74) is 5.09. The third-order valence-corrected chi connectivity index (χ3v) is 11.6. The molecule has 6 rings (SSSR count). The molecule has 0 radical (unpaired) electrons. The van der Waals surface area contributed by atoms with Crippen LogP contribution in [0.2, 0.25) is 0 Å². The Morgan fingerprint density at radius 1 is 0.980 bits per heavy atom. The summed E-state index contributed by atoms with van der Waals surface area (Å²) in [4.78, 5) is 71.2. The van der Waals surface area contributed by atoms with Crippen LogP contribution >= 0.6 is 0 Å². The molecule has 1 spiro atoms. The Bertz CT molecular complexity index is 1740. The monoisotopic (exact) mass is 702 g/mol. The number of Topliss-reactive ketones (excluding diaryl/α,β-unsaturated/α-hetero) is 1. The number of ether oxygens (including phenoxy) is 5. The molecule has 4 aliphatic rings. The summed E-state index contributed by atoms with van der Waals surface area (Å²) in [6, 6.07) is 11.8. The van der Waals surface area contributed by atoms with Crippen molar-refractivity contribution in [2.24, 2.45) is 28.4 Å². The maximum Gasteiger partial charge on any atom is 0.340 e. The van der Waals surface area contributed by atoms with Crippen LogP contribution < -0.4 is 5.73 Å². The van der Waals surface area contributed by atoms with E-state index in [0.29, 0.717) is 24.0 Å². The van der Waals surface area contributed by atoms with Crippen molar-refractivity contribution < 1.29 is 47.7 Å². The molecule has 0 unspecified atom stereocenters. The molecule has 9 atom stereocenters. The normalized spacial score (nSPS) is 32.8. The van der Waals surface area contributed by atoms with E-state index >= 15 is 0 Å². The minimum atomic E-state index is -1.18. The molecule has 2 saturated carbocycles. The Balaban J connectivity index is 1.48. The number of pyridine rings is 1. The van der Waals surface area contributed by atoms with E-state index < -0.39 is 82.6 Å². The number of aromatic nitrogens is 1. The number of allylic oxidation sites excluding steroid dienone is 1. The number of fused-ring (bicyclic) bond motifs is 4. The molecule has 272 valence electrons. The molecule has 0 amide bonds. The van der Waals surface area contributed by atoms with Crippen molar-refractivity contribution in [1.29, 1.82) is 0 Å². The van der Waals surface area contributed by atoms with Gasteiger partial charge in [-0.05, 0) is 54.0 Å². The smallest absolute Gasteiger partial charge is 0.340 e. The second-order valence-corrected chi connectivity index (χ2v) is 15.1. The lowest BCUT2D eigenvalue weighted by atomic mass is 9.48. The highest BCUT2D eigenvalue weighted by Gasteiger charge is 2.74. The number of carbonyl (C=O) groups excluding carboxylic acids is 5. The lowest BCUT2D eigenvalue weighted by Gasteiger charge is -2.60. The van der Waals surface area contributed by atoms with Crippen LogP contribution in [-0.4, -0.2) is 71.3 Å². The average Bonchev–Trinajstić information content (AvgIpc) is 3.86. The van der Waals surface area contributed by atoms with Gasteiger partial charge in [-0.3, -0.25) is 24.2 Å². The Hall–Kier alpha value is -4.42. The summed E-state index contributed by atoms with van der Waals surface area (Å²) in [6.45, 7) is 10.2. The largest absolute Gasteiger partial charge is 0.462 e. The Kier molecular flexibility index (Phi) is 9.71. The number of hydrogen-bond acceptors (Lipinski definition) is 12. The van der Waals surface area contributed by atoms with Crippen LogP contribution in [0.15, 0.2) is 66.0 Å². The molecule has 12 heteroatoms. The molecule has 1 aliphatic heterocycles. The van der Waals surface area contributed by atoms with Crippen molar-refractivity contribution in [1.82, 2.24) is 4.98 Å². The summed E-state index contributed by atoms with van der Waals surface area (Å²) in [7, 11) is 0. The number of esters is 4. The standard InChI is InChI=1S/C39H46N2O10/c1-21-28(44)17-26-32(48-22(2)42)34-38(6,15-14-29(39(34)20-47-39)50-30(45)18-27(40)24-11-8-7-9-12-24)35(51-36(46)25-13-10-16-41-19-25)33(49-23(3)43)31(21)37(26,4)5/h7-13,16,19,26-27,29,32-35H,14-15,17-18,20,40H2,1-6H3/t26-,27+,29-,32+,33+,34-,35-,38+,39-/m0/s1. The van der Waals surface area contributed by atoms with Gasteiger partial charge in [0.1, 0.15) is 23.9 Å². The summed E-state index contributed by atoms with van der Waals surface area (Å²) in [6.07, 6.45) is -0.604. The van der Waals surface area contributed by atoms with Crippen LogP contribution in [0.4, 0.5) is 0 Å². The summed E-state index contributed by atoms with van der Waals surface area (Å²) >= 11 is 0. The third-order valence-electron chi connectivity index (χ3n) is 11.6. The predicted molar refractivity (Wildman–Crippen MR) is 182 cm³/mol. The number of ketones is 1. The zero-order valence-electron chi connectivity index (χ0n) is 29.9. The SMILES string of the molecule is CC(=O)O[C@@H]1[C@@H]2CC(=O)C(C)=C([C@@H](OC(C)=O)[C@H](OC(=O)c3cccnc3)[C@]3(C)CC[C@H](OC(=O)C[C@@H](N)c4ccccc4)[C@@]4(CO4)[C@@H]13)C2(C)C. The summed E-state index contributed by atoms with van der Waals surface area (Å²) in [5, 5.41) is 0. The maximum atomic E-state index is 13.9. The van der Waals surface area contributed by atoms with Crippen LogP contribution in [0.3, 0.4) is 0 Å².